The minimum Gasteiger partial charge on any atom is -0.396 e. The van der Waals surface area contributed by atoms with Crippen molar-refractivity contribution in [3.05, 3.63) is 60.7 Å². The van der Waals surface area contributed by atoms with E-state index in [1.165, 1.54) is 0 Å². The fourth-order valence-electron chi connectivity index (χ4n) is 2.43. The van der Waals surface area contributed by atoms with Gasteiger partial charge < -0.3 is 15.7 Å². The first-order valence-electron chi connectivity index (χ1n) is 8.63. The van der Waals surface area contributed by atoms with E-state index in [0.29, 0.717) is 18.9 Å². The molecule has 0 atom stereocenters. The summed E-state index contributed by atoms with van der Waals surface area (Å²) < 4.78 is 0. The van der Waals surface area contributed by atoms with Gasteiger partial charge >= 0.3 is 0 Å². The molecule has 0 spiro atoms. The first kappa shape index (κ1) is 17.8. The van der Waals surface area contributed by atoms with Crippen molar-refractivity contribution in [3.63, 3.8) is 0 Å². The number of anilines is 2. The quantitative estimate of drug-likeness (QED) is 0.510. The first-order valence-corrected chi connectivity index (χ1v) is 8.63. The van der Waals surface area contributed by atoms with E-state index < -0.39 is 0 Å². The summed E-state index contributed by atoms with van der Waals surface area (Å²) in [7, 11) is 0. The average Bonchev–Trinajstić information content (AvgIpc) is 2.70. The minimum absolute atomic E-state index is 0.131. The van der Waals surface area contributed by atoms with Crippen molar-refractivity contribution >= 4 is 11.8 Å². The number of aliphatic hydroxyl groups is 1. The summed E-state index contributed by atoms with van der Waals surface area (Å²) in [6.45, 7) is 1.47. The fourth-order valence-corrected chi connectivity index (χ4v) is 2.43. The van der Waals surface area contributed by atoms with E-state index in [1.807, 2.05) is 36.4 Å². The molecule has 0 radical (unpaired) electrons. The van der Waals surface area contributed by atoms with Crippen LogP contribution in [-0.2, 0) is 6.42 Å². The Balaban J connectivity index is 1.73. The van der Waals surface area contributed by atoms with Gasteiger partial charge in [-0.2, -0.15) is 4.98 Å². The van der Waals surface area contributed by atoms with Crippen LogP contribution in [0.4, 0.5) is 11.8 Å². The molecule has 0 amide bonds. The molecule has 7 nitrogen and oxygen atoms in total. The maximum atomic E-state index is 8.95. The van der Waals surface area contributed by atoms with Crippen molar-refractivity contribution in [1.82, 2.24) is 19.9 Å². The lowest BCUT2D eigenvalue weighted by molar-refractivity contribution is 0.292. The third-order valence-electron chi connectivity index (χ3n) is 3.73. The summed E-state index contributed by atoms with van der Waals surface area (Å²) in [5, 5.41) is 15.4. The predicted octanol–water partition coefficient (Wildman–Crippen LogP) is 2.38. The molecule has 3 N–H and O–H groups in total. The van der Waals surface area contributed by atoms with Gasteiger partial charge in [-0.25, -0.2) is 4.98 Å². The van der Waals surface area contributed by atoms with Crippen LogP contribution in [0.1, 0.15) is 12.1 Å². The molecule has 0 saturated heterocycles. The number of aliphatic hydroxyl groups excluding tert-OH is 1. The van der Waals surface area contributed by atoms with Gasteiger partial charge in [0.05, 0.1) is 5.69 Å². The molecule has 0 aliphatic heterocycles. The molecule has 3 rings (SSSR count). The summed E-state index contributed by atoms with van der Waals surface area (Å²) in [6.07, 6.45) is 6.73. The standard InChI is InChI=1S/C19H22N6O/c26-13-3-9-23-19-24-17(15-5-10-20-11-6-15)14-18(25-19)22-12-7-16-4-1-2-8-21-16/h1-2,4-6,8,10-11,14,26H,3,7,9,12-13H2,(H2,22,23,24,25). The van der Waals surface area contributed by atoms with Gasteiger partial charge in [-0.1, -0.05) is 6.07 Å². The monoisotopic (exact) mass is 350 g/mol. The second-order valence-corrected chi connectivity index (χ2v) is 5.70. The van der Waals surface area contributed by atoms with Gasteiger partial charge in [0, 0.05) is 62.0 Å². The molecule has 26 heavy (non-hydrogen) atoms. The van der Waals surface area contributed by atoms with Crippen molar-refractivity contribution < 1.29 is 5.11 Å². The van der Waals surface area contributed by atoms with Crippen LogP contribution in [0.15, 0.2) is 55.0 Å². The summed E-state index contributed by atoms with van der Waals surface area (Å²) in [5.41, 5.74) is 2.82. The molecule has 0 unspecified atom stereocenters. The molecule has 3 aromatic rings. The molecular weight excluding hydrogens is 328 g/mol. The van der Waals surface area contributed by atoms with Gasteiger partial charge in [-0.3, -0.25) is 9.97 Å². The van der Waals surface area contributed by atoms with Crippen molar-refractivity contribution in [1.29, 1.82) is 0 Å². The van der Waals surface area contributed by atoms with Gasteiger partial charge in [-0.15, -0.1) is 0 Å². The Hall–Kier alpha value is -3.06. The number of nitrogens with zero attached hydrogens (tertiary/aromatic N) is 4. The zero-order valence-electron chi connectivity index (χ0n) is 14.5. The summed E-state index contributed by atoms with van der Waals surface area (Å²) >= 11 is 0. The molecule has 7 heteroatoms. The SMILES string of the molecule is OCCCNc1nc(NCCc2ccccn2)cc(-c2ccncc2)n1. The van der Waals surface area contributed by atoms with Gasteiger partial charge in [0.1, 0.15) is 5.82 Å². The highest BCUT2D eigenvalue weighted by Gasteiger charge is 2.07. The lowest BCUT2D eigenvalue weighted by Gasteiger charge is -2.11. The maximum Gasteiger partial charge on any atom is 0.225 e. The van der Waals surface area contributed by atoms with Crippen molar-refractivity contribution in [2.75, 3.05) is 30.3 Å². The Morgan fingerprint density at radius 3 is 2.58 bits per heavy atom. The number of nitrogens with one attached hydrogen (secondary N) is 2. The number of hydrogen-bond acceptors (Lipinski definition) is 7. The van der Waals surface area contributed by atoms with Crippen LogP contribution in [0.2, 0.25) is 0 Å². The zero-order chi connectivity index (χ0) is 18.0. The van der Waals surface area contributed by atoms with E-state index in [9.17, 15) is 0 Å². The molecule has 134 valence electrons. The molecule has 0 aliphatic carbocycles. The zero-order valence-corrected chi connectivity index (χ0v) is 14.5. The van der Waals surface area contributed by atoms with E-state index in [-0.39, 0.29) is 6.61 Å². The fraction of sp³-hybridized carbons (Fsp3) is 0.263. The number of aromatic nitrogens is 4. The third-order valence-corrected chi connectivity index (χ3v) is 3.73. The van der Waals surface area contributed by atoms with E-state index >= 15 is 0 Å². The van der Waals surface area contributed by atoms with Crippen molar-refractivity contribution in [2.45, 2.75) is 12.8 Å². The number of pyridine rings is 2. The maximum absolute atomic E-state index is 8.95. The van der Waals surface area contributed by atoms with Crippen LogP contribution in [-0.4, -0.2) is 44.7 Å². The molecule has 0 fully saturated rings. The highest BCUT2D eigenvalue weighted by molar-refractivity contribution is 5.63. The van der Waals surface area contributed by atoms with Crippen LogP contribution in [0.5, 0.6) is 0 Å². The lowest BCUT2D eigenvalue weighted by atomic mass is 10.2. The Bertz CT molecular complexity index is 798. The van der Waals surface area contributed by atoms with E-state index in [0.717, 1.165) is 35.7 Å². The van der Waals surface area contributed by atoms with E-state index in [4.69, 9.17) is 5.11 Å². The molecule has 0 saturated carbocycles. The second-order valence-electron chi connectivity index (χ2n) is 5.70. The highest BCUT2D eigenvalue weighted by Crippen LogP contribution is 2.20. The molecule has 0 bridgehead atoms. The van der Waals surface area contributed by atoms with Crippen LogP contribution in [0, 0.1) is 0 Å². The van der Waals surface area contributed by atoms with Gasteiger partial charge in [0.25, 0.3) is 0 Å². The molecular formula is C19H22N6O. The number of hydrogen-bond donors (Lipinski definition) is 3. The highest BCUT2D eigenvalue weighted by atomic mass is 16.3. The first-order chi connectivity index (χ1) is 12.8. The van der Waals surface area contributed by atoms with E-state index in [1.54, 1.807) is 18.6 Å². The predicted molar refractivity (Wildman–Crippen MR) is 102 cm³/mol. The van der Waals surface area contributed by atoms with Crippen LogP contribution in [0.3, 0.4) is 0 Å². The van der Waals surface area contributed by atoms with Crippen molar-refractivity contribution in [2.24, 2.45) is 0 Å². The normalized spacial score (nSPS) is 10.5. The van der Waals surface area contributed by atoms with Crippen LogP contribution in [0.25, 0.3) is 11.3 Å². The molecule has 3 heterocycles. The van der Waals surface area contributed by atoms with Gasteiger partial charge in [0.2, 0.25) is 5.95 Å². The molecule has 0 aromatic carbocycles. The Kier molecular flexibility index (Phi) is 6.44. The summed E-state index contributed by atoms with van der Waals surface area (Å²) in [4.78, 5) is 17.4. The van der Waals surface area contributed by atoms with Gasteiger partial charge in [-0.05, 0) is 30.7 Å². The number of rotatable bonds is 9. The Labute approximate surface area is 152 Å². The summed E-state index contributed by atoms with van der Waals surface area (Å²) in [5.74, 6) is 1.28. The largest absolute Gasteiger partial charge is 0.396 e. The van der Waals surface area contributed by atoms with Crippen LogP contribution >= 0.6 is 0 Å². The topological polar surface area (TPSA) is 95.8 Å². The second kappa shape index (κ2) is 9.43. The smallest absolute Gasteiger partial charge is 0.225 e. The summed E-state index contributed by atoms with van der Waals surface area (Å²) in [6, 6.07) is 11.6. The van der Waals surface area contributed by atoms with Gasteiger partial charge in [0.15, 0.2) is 0 Å². The molecule has 3 aromatic heterocycles. The van der Waals surface area contributed by atoms with Crippen LogP contribution < -0.4 is 10.6 Å². The molecule has 0 aliphatic rings. The third kappa shape index (κ3) is 5.22. The minimum atomic E-state index is 0.131. The Morgan fingerprint density at radius 2 is 1.81 bits per heavy atom. The average molecular weight is 350 g/mol. The lowest BCUT2D eigenvalue weighted by Crippen LogP contribution is -2.11. The Morgan fingerprint density at radius 1 is 0.923 bits per heavy atom. The van der Waals surface area contributed by atoms with Crippen molar-refractivity contribution in [3.8, 4) is 11.3 Å². The van der Waals surface area contributed by atoms with E-state index in [2.05, 4.69) is 30.6 Å².